The maximum absolute atomic E-state index is 9.80. The quantitative estimate of drug-likeness (QED) is 0.569. The molecule has 1 fully saturated rings. The second-order valence-electron chi connectivity index (χ2n) is 8.22. The van der Waals surface area contributed by atoms with Crippen molar-refractivity contribution in [1.29, 1.82) is 10.5 Å². The van der Waals surface area contributed by atoms with Crippen LogP contribution in [0.1, 0.15) is 94.4 Å². The minimum atomic E-state index is 0.345. The fourth-order valence-corrected chi connectivity index (χ4v) is 4.56. The maximum atomic E-state index is 9.80. The summed E-state index contributed by atoms with van der Waals surface area (Å²) in [5.41, 5.74) is 3.68. The number of nitrogens with zero attached hydrogens (tertiary/aromatic N) is 2. The Morgan fingerprint density at radius 2 is 1.72 bits per heavy atom. The van der Waals surface area contributed by atoms with Crippen molar-refractivity contribution < 1.29 is 0 Å². The number of unbranched alkanes of at least 4 members (excludes halogenated alkanes) is 2. The van der Waals surface area contributed by atoms with Crippen LogP contribution in [0.15, 0.2) is 12.1 Å². The van der Waals surface area contributed by atoms with E-state index in [1.54, 1.807) is 0 Å². The van der Waals surface area contributed by atoms with Crippen molar-refractivity contribution in [2.45, 2.75) is 78.6 Å². The summed E-state index contributed by atoms with van der Waals surface area (Å²) in [5.74, 6) is 2.17. The summed E-state index contributed by atoms with van der Waals surface area (Å²) >= 11 is 0. The minimum Gasteiger partial charge on any atom is -0.192 e. The molecule has 0 N–H and O–H groups in total. The molecule has 1 saturated carbocycles. The number of aryl methyl sites for hydroxylation is 1. The van der Waals surface area contributed by atoms with Crippen molar-refractivity contribution in [3.05, 3.63) is 34.4 Å². The number of benzene rings is 1. The average molecular weight is 337 g/mol. The minimum absolute atomic E-state index is 0.345. The molecule has 2 heteroatoms. The lowest BCUT2D eigenvalue weighted by Gasteiger charge is -2.38. The fourth-order valence-electron chi connectivity index (χ4n) is 4.56. The second-order valence-corrected chi connectivity index (χ2v) is 8.22. The molecule has 1 aromatic carbocycles. The Labute approximate surface area is 153 Å². The Bertz CT molecular complexity index is 625. The van der Waals surface area contributed by atoms with Crippen LogP contribution in [0.4, 0.5) is 0 Å². The largest absolute Gasteiger partial charge is 0.192 e. The second kappa shape index (κ2) is 9.05. The number of nitriles is 2. The molecule has 0 unspecified atom stereocenters. The molecule has 25 heavy (non-hydrogen) atoms. The molecule has 3 atom stereocenters. The van der Waals surface area contributed by atoms with Crippen molar-refractivity contribution in [2.24, 2.45) is 17.8 Å². The van der Waals surface area contributed by atoms with Crippen LogP contribution in [0.5, 0.6) is 0 Å². The van der Waals surface area contributed by atoms with Crippen molar-refractivity contribution in [3.8, 4) is 12.1 Å². The Hall–Kier alpha value is -1.80. The Morgan fingerprint density at radius 3 is 2.24 bits per heavy atom. The van der Waals surface area contributed by atoms with Gasteiger partial charge in [0.1, 0.15) is 0 Å². The van der Waals surface area contributed by atoms with E-state index in [-0.39, 0.29) is 0 Å². The summed E-state index contributed by atoms with van der Waals surface area (Å²) in [6.45, 7) is 9.07. The highest BCUT2D eigenvalue weighted by atomic mass is 14.4. The van der Waals surface area contributed by atoms with Gasteiger partial charge in [0.25, 0.3) is 0 Å². The first-order chi connectivity index (χ1) is 12.0. The lowest BCUT2D eigenvalue weighted by atomic mass is 9.66. The molecule has 0 aromatic heterocycles. The van der Waals surface area contributed by atoms with E-state index < -0.39 is 0 Å². The molecular weight excluding hydrogens is 304 g/mol. The first-order valence-corrected chi connectivity index (χ1v) is 9.98. The van der Waals surface area contributed by atoms with Crippen molar-refractivity contribution in [3.63, 3.8) is 0 Å². The molecule has 2 nitrogen and oxygen atoms in total. The van der Waals surface area contributed by atoms with Crippen LogP contribution in [0.2, 0.25) is 0 Å². The van der Waals surface area contributed by atoms with E-state index in [9.17, 15) is 10.5 Å². The molecule has 0 aliphatic heterocycles. The highest BCUT2D eigenvalue weighted by Crippen LogP contribution is 2.46. The van der Waals surface area contributed by atoms with Gasteiger partial charge in [0, 0.05) is 0 Å². The van der Waals surface area contributed by atoms with Crippen LogP contribution in [0.3, 0.4) is 0 Å². The Balaban J connectivity index is 2.44. The van der Waals surface area contributed by atoms with Gasteiger partial charge < -0.3 is 0 Å². The lowest BCUT2D eigenvalue weighted by molar-refractivity contribution is 0.197. The van der Waals surface area contributed by atoms with Gasteiger partial charge in [-0.05, 0) is 72.6 Å². The van der Waals surface area contributed by atoms with Crippen LogP contribution in [0.25, 0.3) is 0 Å². The summed E-state index contributed by atoms with van der Waals surface area (Å²) in [7, 11) is 0. The molecule has 0 amide bonds. The first kappa shape index (κ1) is 19.5. The standard InChI is InChI=1S/C23H32N2/c1-5-6-7-8-18-12-19(14-24)23(20(13-18)15-25)22-11-17(4)9-10-21(22)16(2)3/h12-13,16-17,21-22H,5-11H2,1-4H3/t17-,21-,22+/m0/s1. The molecule has 1 aliphatic carbocycles. The monoisotopic (exact) mass is 336 g/mol. The van der Waals surface area contributed by atoms with Crippen LogP contribution in [0, 0.1) is 40.4 Å². The van der Waals surface area contributed by atoms with Gasteiger partial charge in [-0.2, -0.15) is 10.5 Å². The van der Waals surface area contributed by atoms with E-state index in [2.05, 4.69) is 52.0 Å². The van der Waals surface area contributed by atoms with E-state index in [4.69, 9.17) is 0 Å². The Kier molecular flexibility index (Phi) is 7.07. The summed E-state index contributed by atoms with van der Waals surface area (Å²) in [6, 6.07) is 8.96. The van der Waals surface area contributed by atoms with Crippen molar-refractivity contribution in [2.75, 3.05) is 0 Å². The molecule has 0 radical (unpaired) electrons. The van der Waals surface area contributed by atoms with Crippen molar-refractivity contribution >= 4 is 0 Å². The maximum Gasteiger partial charge on any atom is 0.0995 e. The highest BCUT2D eigenvalue weighted by Gasteiger charge is 2.34. The van der Waals surface area contributed by atoms with Gasteiger partial charge in [-0.1, -0.05) is 47.0 Å². The average Bonchev–Trinajstić information content (AvgIpc) is 2.60. The van der Waals surface area contributed by atoms with E-state index in [1.807, 2.05) is 0 Å². The zero-order valence-corrected chi connectivity index (χ0v) is 16.3. The van der Waals surface area contributed by atoms with Gasteiger partial charge in [-0.3, -0.25) is 0 Å². The molecule has 2 rings (SSSR count). The molecular formula is C23H32N2. The molecule has 1 aliphatic rings. The Morgan fingerprint density at radius 1 is 1.08 bits per heavy atom. The van der Waals surface area contributed by atoms with E-state index in [0.29, 0.717) is 23.7 Å². The predicted molar refractivity (Wildman–Crippen MR) is 103 cm³/mol. The van der Waals surface area contributed by atoms with Gasteiger partial charge in [-0.25, -0.2) is 0 Å². The fraction of sp³-hybridized carbons (Fsp3) is 0.652. The van der Waals surface area contributed by atoms with Crippen LogP contribution < -0.4 is 0 Å². The molecule has 0 heterocycles. The van der Waals surface area contributed by atoms with Gasteiger partial charge in [0.05, 0.1) is 23.3 Å². The third-order valence-electron chi connectivity index (χ3n) is 5.94. The molecule has 134 valence electrons. The van der Waals surface area contributed by atoms with Gasteiger partial charge in [0.15, 0.2) is 0 Å². The summed E-state index contributed by atoms with van der Waals surface area (Å²) in [5, 5.41) is 19.6. The number of rotatable bonds is 6. The van der Waals surface area contributed by atoms with Gasteiger partial charge in [0.2, 0.25) is 0 Å². The molecule has 1 aromatic rings. The summed E-state index contributed by atoms with van der Waals surface area (Å²) in [6.07, 6.45) is 8.04. The van der Waals surface area contributed by atoms with Crippen LogP contribution >= 0.6 is 0 Å². The number of hydrogen-bond donors (Lipinski definition) is 0. The predicted octanol–water partition coefficient (Wildman–Crippen LogP) is 6.34. The van der Waals surface area contributed by atoms with Crippen LogP contribution in [-0.2, 0) is 6.42 Å². The topological polar surface area (TPSA) is 47.6 Å². The zero-order valence-electron chi connectivity index (χ0n) is 16.3. The van der Waals surface area contributed by atoms with Gasteiger partial charge in [-0.15, -0.1) is 0 Å². The summed E-state index contributed by atoms with van der Waals surface area (Å²) < 4.78 is 0. The third-order valence-corrected chi connectivity index (χ3v) is 5.94. The van der Waals surface area contributed by atoms with Crippen molar-refractivity contribution in [1.82, 2.24) is 0 Å². The van der Waals surface area contributed by atoms with E-state index >= 15 is 0 Å². The normalized spacial score (nSPS) is 23.2. The van der Waals surface area contributed by atoms with E-state index in [1.165, 1.54) is 25.7 Å². The first-order valence-electron chi connectivity index (χ1n) is 9.98. The summed E-state index contributed by atoms with van der Waals surface area (Å²) in [4.78, 5) is 0. The molecule has 0 bridgehead atoms. The number of hydrogen-bond acceptors (Lipinski definition) is 2. The zero-order chi connectivity index (χ0) is 18.4. The lowest BCUT2D eigenvalue weighted by Crippen LogP contribution is -2.27. The SMILES string of the molecule is CCCCCc1cc(C#N)c([C@@H]2C[C@@H](C)CC[C@H]2C(C)C)c(C#N)c1. The molecule has 0 saturated heterocycles. The highest BCUT2D eigenvalue weighted by molar-refractivity contribution is 5.53. The van der Waals surface area contributed by atoms with Gasteiger partial charge >= 0.3 is 0 Å². The molecule has 0 spiro atoms. The third kappa shape index (κ3) is 4.64. The smallest absolute Gasteiger partial charge is 0.0995 e. The van der Waals surface area contributed by atoms with E-state index in [0.717, 1.165) is 41.5 Å². The van der Waals surface area contributed by atoms with Crippen LogP contribution in [-0.4, -0.2) is 0 Å².